The molecule has 2 N–H and O–H groups in total. The van der Waals surface area contributed by atoms with Crippen molar-refractivity contribution >= 4 is 44.7 Å². The summed E-state index contributed by atoms with van der Waals surface area (Å²) in [5.74, 6) is 1.91. The summed E-state index contributed by atoms with van der Waals surface area (Å²) in [6.07, 6.45) is 8.36. The van der Waals surface area contributed by atoms with Crippen LogP contribution in [0.15, 0.2) is 30.6 Å². The van der Waals surface area contributed by atoms with Crippen LogP contribution in [0.25, 0.3) is 10.1 Å². The molecule has 2 fully saturated rings. The number of anilines is 3. The lowest BCUT2D eigenvalue weighted by atomic mass is 9.94. The highest BCUT2D eigenvalue weighted by Crippen LogP contribution is 2.44. The number of carbonyl (C=O) groups is 1. The molecular formula is C25H31FN6OS. The van der Waals surface area contributed by atoms with E-state index in [1.54, 1.807) is 16.2 Å². The zero-order chi connectivity index (χ0) is 23.7. The number of piperazine rings is 1. The SMILES string of the molecule is CN(C)C(=O)c1sc2cnc(Nc3ccc(N4CCN[C@@H](CF)C4)cn3)cc2c1C1CCCC1. The van der Waals surface area contributed by atoms with Gasteiger partial charge < -0.3 is 20.4 Å². The van der Waals surface area contributed by atoms with Crippen LogP contribution >= 0.6 is 11.3 Å². The Hall–Kier alpha value is -2.78. The molecule has 4 heterocycles. The Morgan fingerprint density at radius 2 is 2.03 bits per heavy atom. The van der Waals surface area contributed by atoms with Crippen molar-refractivity contribution in [1.29, 1.82) is 0 Å². The van der Waals surface area contributed by atoms with Gasteiger partial charge in [0.15, 0.2) is 0 Å². The van der Waals surface area contributed by atoms with Crippen molar-refractivity contribution in [2.45, 2.75) is 37.6 Å². The van der Waals surface area contributed by atoms with Crippen molar-refractivity contribution < 1.29 is 9.18 Å². The standard InChI is InChI=1S/C25H31FN6OS/c1-31(2)25(33)24-23(16-5-3-4-6-16)19-11-22(29-14-20(19)34-24)30-21-8-7-18(13-28-21)32-10-9-27-17(12-26)15-32/h7-8,11,13-14,16-17,27H,3-6,9-10,12,15H2,1-2H3,(H,28,29,30)/t17-/m0/s1. The van der Waals surface area contributed by atoms with Crippen LogP contribution in [0.3, 0.4) is 0 Å². The fourth-order valence-corrected chi connectivity index (χ4v) is 6.27. The van der Waals surface area contributed by atoms with Crippen LogP contribution in [0.1, 0.15) is 46.8 Å². The van der Waals surface area contributed by atoms with E-state index in [1.165, 1.54) is 18.4 Å². The van der Waals surface area contributed by atoms with E-state index < -0.39 is 0 Å². The van der Waals surface area contributed by atoms with E-state index in [0.717, 1.165) is 46.6 Å². The lowest BCUT2D eigenvalue weighted by Crippen LogP contribution is -2.51. The van der Waals surface area contributed by atoms with Gasteiger partial charge in [-0.2, -0.15) is 0 Å². The number of halogens is 1. The summed E-state index contributed by atoms with van der Waals surface area (Å²) >= 11 is 1.55. The van der Waals surface area contributed by atoms with Gasteiger partial charge >= 0.3 is 0 Å². The third-order valence-corrected chi connectivity index (χ3v) is 7.93. The maximum atomic E-state index is 13.1. The predicted octanol–water partition coefficient (Wildman–Crippen LogP) is 4.54. The largest absolute Gasteiger partial charge is 0.367 e. The number of pyridine rings is 2. The molecule has 1 atom stereocenters. The number of aromatic nitrogens is 2. The first-order chi connectivity index (χ1) is 16.5. The van der Waals surface area contributed by atoms with Crippen molar-refractivity contribution in [1.82, 2.24) is 20.2 Å². The summed E-state index contributed by atoms with van der Waals surface area (Å²) in [6, 6.07) is 5.87. The molecule has 5 rings (SSSR count). The maximum absolute atomic E-state index is 13.1. The first-order valence-electron chi connectivity index (χ1n) is 11.9. The summed E-state index contributed by atoms with van der Waals surface area (Å²) in [5.41, 5.74) is 2.17. The van der Waals surface area contributed by atoms with E-state index in [-0.39, 0.29) is 18.6 Å². The smallest absolute Gasteiger partial charge is 0.263 e. The molecule has 34 heavy (non-hydrogen) atoms. The van der Waals surface area contributed by atoms with Crippen LogP contribution in [-0.2, 0) is 0 Å². The number of amides is 1. The van der Waals surface area contributed by atoms with E-state index >= 15 is 0 Å². The summed E-state index contributed by atoms with van der Waals surface area (Å²) < 4.78 is 14.1. The monoisotopic (exact) mass is 482 g/mol. The molecule has 9 heteroatoms. The van der Waals surface area contributed by atoms with Gasteiger partial charge in [-0.15, -0.1) is 11.3 Å². The summed E-state index contributed by atoms with van der Waals surface area (Å²) in [6.45, 7) is 1.87. The molecule has 1 aliphatic carbocycles. The number of fused-ring (bicyclic) bond motifs is 1. The highest BCUT2D eigenvalue weighted by atomic mass is 32.1. The molecule has 1 saturated carbocycles. The van der Waals surface area contributed by atoms with Crippen LogP contribution in [0.5, 0.6) is 0 Å². The second-order valence-electron chi connectivity index (χ2n) is 9.37. The number of rotatable bonds is 6. The van der Waals surface area contributed by atoms with Crippen molar-refractivity contribution in [3.63, 3.8) is 0 Å². The number of hydrogen-bond acceptors (Lipinski definition) is 7. The number of nitrogens with one attached hydrogen (secondary N) is 2. The molecule has 3 aromatic heterocycles. The molecule has 0 aromatic carbocycles. The third-order valence-electron chi connectivity index (χ3n) is 6.79. The van der Waals surface area contributed by atoms with Gasteiger partial charge in [-0.25, -0.2) is 14.4 Å². The Bertz CT molecular complexity index is 1160. The van der Waals surface area contributed by atoms with E-state index in [4.69, 9.17) is 0 Å². The number of hydrogen-bond donors (Lipinski definition) is 2. The zero-order valence-electron chi connectivity index (χ0n) is 19.7. The van der Waals surface area contributed by atoms with Crippen molar-refractivity contribution in [3.8, 4) is 0 Å². The van der Waals surface area contributed by atoms with Crippen molar-refractivity contribution in [3.05, 3.63) is 41.0 Å². The lowest BCUT2D eigenvalue weighted by Gasteiger charge is -2.33. The van der Waals surface area contributed by atoms with E-state index in [2.05, 4.69) is 31.6 Å². The Labute approximate surface area is 203 Å². The second-order valence-corrected chi connectivity index (χ2v) is 10.4. The maximum Gasteiger partial charge on any atom is 0.263 e. The molecule has 0 bridgehead atoms. The third kappa shape index (κ3) is 4.59. The minimum absolute atomic E-state index is 0.0674. The topological polar surface area (TPSA) is 73.4 Å². The average molecular weight is 483 g/mol. The van der Waals surface area contributed by atoms with Gasteiger partial charge in [0.25, 0.3) is 5.91 Å². The highest BCUT2D eigenvalue weighted by Gasteiger charge is 2.28. The Balaban J connectivity index is 1.40. The number of thiophene rings is 1. The number of alkyl halides is 1. The summed E-state index contributed by atoms with van der Waals surface area (Å²) in [4.78, 5) is 26.8. The molecular weight excluding hydrogens is 451 g/mol. The van der Waals surface area contributed by atoms with Crippen molar-refractivity contribution in [2.24, 2.45) is 0 Å². The molecule has 0 spiro atoms. The van der Waals surface area contributed by atoms with E-state index in [9.17, 15) is 9.18 Å². The molecule has 0 unspecified atom stereocenters. The summed E-state index contributed by atoms with van der Waals surface area (Å²) in [7, 11) is 3.62. The fraction of sp³-hybridized carbons (Fsp3) is 0.480. The average Bonchev–Trinajstić information content (AvgIpc) is 3.51. The quantitative estimate of drug-likeness (QED) is 0.537. The van der Waals surface area contributed by atoms with Gasteiger partial charge in [0.2, 0.25) is 0 Å². The van der Waals surface area contributed by atoms with Crippen LogP contribution in [0.4, 0.5) is 21.7 Å². The van der Waals surface area contributed by atoms with Crippen LogP contribution in [-0.4, -0.2) is 67.2 Å². The van der Waals surface area contributed by atoms with Crippen LogP contribution in [0.2, 0.25) is 0 Å². The van der Waals surface area contributed by atoms with E-state index in [0.29, 0.717) is 24.1 Å². The van der Waals surface area contributed by atoms with Gasteiger partial charge in [-0.1, -0.05) is 12.8 Å². The Morgan fingerprint density at radius 3 is 2.74 bits per heavy atom. The molecule has 3 aromatic rings. The molecule has 7 nitrogen and oxygen atoms in total. The number of nitrogens with zero attached hydrogens (tertiary/aromatic N) is 4. The van der Waals surface area contributed by atoms with Gasteiger partial charge in [-0.05, 0) is 42.5 Å². The minimum Gasteiger partial charge on any atom is -0.367 e. The second kappa shape index (κ2) is 9.84. The molecule has 0 radical (unpaired) electrons. The summed E-state index contributed by atoms with van der Waals surface area (Å²) in [5, 5.41) is 7.63. The van der Waals surface area contributed by atoms with Crippen LogP contribution < -0.4 is 15.5 Å². The fourth-order valence-electron chi connectivity index (χ4n) is 5.01. The van der Waals surface area contributed by atoms with Gasteiger partial charge in [0.05, 0.1) is 27.5 Å². The zero-order valence-corrected chi connectivity index (χ0v) is 20.5. The first kappa shape index (κ1) is 23.0. The first-order valence-corrected chi connectivity index (χ1v) is 12.8. The van der Waals surface area contributed by atoms with Gasteiger partial charge in [0, 0.05) is 45.3 Å². The molecule has 1 aliphatic heterocycles. The van der Waals surface area contributed by atoms with E-state index in [1.807, 2.05) is 38.6 Å². The van der Waals surface area contributed by atoms with Gasteiger partial charge in [0.1, 0.15) is 18.3 Å². The molecule has 1 saturated heterocycles. The Kier molecular flexibility index (Phi) is 6.65. The molecule has 180 valence electrons. The lowest BCUT2D eigenvalue weighted by molar-refractivity contribution is 0.0831. The van der Waals surface area contributed by atoms with Gasteiger partial charge in [-0.3, -0.25) is 4.79 Å². The van der Waals surface area contributed by atoms with Crippen LogP contribution in [0, 0.1) is 0 Å². The molecule has 1 amide bonds. The number of carbonyl (C=O) groups excluding carboxylic acids is 1. The highest BCUT2D eigenvalue weighted by molar-refractivity contribution is 7.21. The minimum atomic E-state index is -0.370. The predicted molar refractivity (Wildman–Crippen MR) is 136 cm³/mol. The molecule has 2 aliphatic rings. The van der Waals surface area contributed by atoms with Crippen molar-refractivity contribution in [2.75, 3.05) is 50.6 Å². The normalized spacial score (nSPS) is 19.0. The Morgan fingerprint density at radius 1 is 1.24 bits per heavy atom.